The van der Waals surface area contributed by atoms with Gasteiger partial charge in [0.2, 0.25) is 5.95 Å². The Kier molecular flexibility index (Phi) is 7.69. The van der Waals surface area contributed by atoms with E-state index in [1.165, 1.54) is 6.33 Å². The Bertz CT molecular complexity index is 1360. The van der Waals surface area contributed by atoms with Gasteiger partial charge >= 0.3 is 0 Å². The maximum Gasteiger partial charge on any atom is 0.293 e. The number of carbonyl (C=O) groups excluding carboxylic acids is 1. The molecule has 0 unspecified atom stereocenters. The van der Waals surface area contributed by atoms with Gasteiger partial charge in [-0.1, -0.05) is 54.7 Å². The normalized spacial score (nSPS) is 11.2. The van der Waals surface area contributed by atoms with Crippen molar-refractivity contribution in [2.75, 3.05) is 5.32 Å². The molecule has 35 heavy (non-hydrogen) atoms. The number of carbonyl (C=O) groups is 1. The van der Waals surface area contributed by atoms with Gasteiger partial charge in [-0.2, -0.15) is 0 Å². The Labute approximate surface area is 218 Å². The minimum atomic E-state index is -0.464. The summed E-state index contributed by atoms with van der Waals surface area (Å²) in [6.45, 7) is 6.66. The van der Waals surface area contributed by atoms with Crippen LogP contribution in [-0.4, -0.2) is 20.7 Å². The van der Waals surface area contributed by atoms with Crippen molar-refractivity contribution in [3.05, 3.63) is 92.1 Å². The molecule has 1 amide bonds. The number of nitrogens with zero attached hydrogens (tertiary/aromatic N) is 3. The fraction of sp³-hybridized carbons (Fsp3) is 0.240. The van der Waals surface area contributed by atoms with Crippen molar-refractivity contribution in [1.29, 1.82) is 0 Å². The van der Waals surface area contributed by atoms with E-state index < -0.39 is 5.91 Å². The zero-order chi connectivity index (χ0) is 25.1. The van der Waals surface area contributed by atoms with Crippen LogP contribution in [0, 0.1) is 6.92 Å². The maximum atomic E-state index is 12.6. The molecule has 182 valence electrons. The van der Waals surface area contributed by atoms with Gasteiger partial charge in [-0.3, -0.25) is 10.1 Å². The third-order valence-electron chi connectivity index (χ3n) is 5.26. The number of aromatic nitrogens is 3. The number of aryl methyl sites for hydroxylation is 1. The molecule has 0 aliphatic heterocycles. The van der Waals surface area contributed by atoms with Crippen LogP contribution in [-0.2, 0) is 13.2 Å². The predicted octanol–water partition coefficient (Wildman–Crippen LogP) is 7.14. The number of nitrogens with one attached hydrogen (secondary N) is 1. The van der Waals surface area contributed by atoms with Crippen LogP contribution in [0.5, 0.6) is 5.75 Å². The Morgan fingerprint density at radius 2 is 1.89 bits per heavy atom. The summed E-state index contributed by atoms with van der Waals surface area (Å²) in [6, 6.07) is 12.4. The largest absolute Gasteiger partial charge is 0.485 e. The smallest absolute Gasteiger partial charge is 0.293 e. The second kappa shape index (κ2) is 10.7. The third-order valence-corrected chi connectivity index (χ3v) is 6.41. The molecule has 7 nitrogen and oxygen atoms in total. The van der Waals surface area contributed by atoms with E-state index in [-0.39, 0.29) is 24.2 Å². The molecule has 0 fully saturated rings. The van der Waals surface area contributed by atoms with Crippen LogP contribution >= 0.6 is 34.8 Å². The highest BCUT2D eigenvalue weighted by molar-refractivity contribution is 6.42. The number of anilines is 1. The van der Waals surface area contributed by atoms with E-state index in [9.17, 15) is 4.79 Å². The van der Waals surface area contributed by atoms with Gasteiger partial charge in [0, 0.05) is 5.02 Å². The van der Waals surface area contributed by atoms with Gasteiger partial charge in [0.05, 0.1) is 16.6 Å². The zero-order valence-electron chi connectivity index (χ0n) is 19.3. The molecule has 0 radical (unpaired) electrons. The van der Waals surface area contributed by atoms with E-state index in [1.807, 2.05) is 25.1 Å². The number of furan rings is 1. The molecule has 0 atom stereocenters. The molecule has 0 bridgehead atoms. The van der Waals surface area contributed by atoms with Crippen LogP contribution in [0.1, 0.15) is 52.8 Å². The van der Waals surface area contributed by atoms with Crippen LogP contribution < -0.4 is 10.1 Å². The van der Waals surface area contributed by atoms with E-state index in [1.54, 1.807) is 28.9 Å². The lowest BCUT2D eigenvalue weighted by atomic mass is 10.0. The van der Waals surface area contributed by atoms with Crippen LogP contribution in [0.4, 0.5) is 5.95 Å². The SMILES string of the molecule is Cc1cc(OCc2ccc(C(=O)Nc3ncn(Cc4ccc(Cl)c(Cl)c4)n3)o2)c(C(C)C)cc1Cl. The number of amides is 1. The summed E-state index contributed by atoms with van der Waals surface area (Å²) in [7, 11) is 0. The van der Waals surface area contributed by atoms with Crippen molar-refractivity contribution in [3.63, 3.8) is 0 Å². The molecule has 2 aromatic carbocycles. The monoisotopic (exact) mass is 532 g/mol. The summed E-state index contributed by atoms with van der Waals surface area (Å²) in [5, 5.41) is 8.54. The molecule has 2 aromatic heterocycles. The highest BCUT2D eigenvalue weighted by Gasteiger charge is 2.16. The summed E-state index contributed by atoms with van der Waals surface area (Å²) in [5.74, 6) is 1.30. The highest BCUT2D eigenvalue weighted by atomic mass is 35.5. The van der Waals surface area contributed by atoms with Gasteiger partial charge in [-0.05, 0) is 65.9 Å². The Hall–Kier alpha value is -3.00. The van der Waals surface area contributed by atoms with Crippen LogP contribution in [0.2, 0.25) is 15.1 Å². The summed E-state index contributed by atoms with van der Waals surface area (Å²) < 4.78 is 13.2. The van der Waals surface area contributed by atoms with Gasteiger partial charge in [-0.25, -0.2) is 9.67 Å². The number of hydrogen-bond acceptors (Lipinski definition) is 5. The standard InChI is InChI=1S/C25H23Cl3N4O3/c1-14(2)18-10-20(27)15(3)8-23(18)34-12-17-5-7-22(35-17)24(33)30-25-29-13-32(31-25)11-16-4-6-19(26)21(28)9-16/h4-10,13-14H,11-12H2,1-3H3,(H,30,31,33). The Balaban J connectivity index is 1.37. The van der Waals surface area contributed by atoms with E-state index in [0.717, 1.165) is 22.4 Å². The van der Waals surface area contributed by atoms with Crippen LogP contribution in [0.25, 0.3) is 0 Å². The second-order valence-corrected chi connectivity index (χ2v) is 9.54. The molecule has 10 heteroatoms. The van der Waals surface area contributed by atoms with E-state index >= 15 is 0 Å². The summed E-state index contributed by atoms with van der Waals surface area (Å²) >= 11 is 18.3. The fourth-order valence-corrected chi connectivity index (χ4v) is 3.88. The lowest BCUT2D eigenvalue weighted by Crippen LogP contribution is -2.12. The van der Waals surface area contributed by atoms with Gasteiger partial charge in [-0.15, -0.1) is 5.10 Å². The molecule has 1 N–H and O–H groups in total. The van der Waals surface area contributed by atoms with Crippen molar-refractivity contribution in [2.24, 2.45) is 0 Å². The molecule has 0 aliphatic rings. The summed E-state index contributed by atoms with van der Waals surface area (Å²) in [6.07, 6.45) is 1.51. The lowest BCUT2D eigenvalue weighted by molar-refractivity contribution is 0.0991. The third kappa shape index (κ3) is 6.17. The van der Waals surface area contributed by atoms with Crippen molar-refractivity contribution in [2.45, 2.75) is 39.8 Å². The molecule has 4 aromatic rings. The fourth-order valence-electron chi connectivity index (χ4n) is 3.39. The van der Waals surface area contributed by atoms with E-state index in [0.29, 0.717) is 27.4 Å². The summed E-state index contributed by atoms with van der Waals surface area (Å²) in [4.78, 5) is 16.7. The van der Waals surface area contributed by atoms with Gasteiger partial charge in [0.25, 0.3) is 5.91 Å². The minimum absolute atomic E-state index is 0.126. The highest BCUT2D eigenvalue weighted by Crippen LogP contribution is 2.32. The minimum Gasteiger partial charge on any atom is -0.485 e. The average Bonchev–Trinajstić information content (AvgIpc) is 3.46. The van der Waals surface area contributed by atoms with E-state index in [2.05, 4.69) is 29.2 Å². The molecule has 4 rings (SSSR count). The van der Waals surface area contributed by atoms with Gasteiger partial charge in [0.15, 0.2) is 5.76 Å². The first-order valence-electron chi connectivity index (χ1n) is 10.9. The molecule has 0 aliphatic carbocycles. The second-order valence-electron chi connectivity index (χ2n) is 8.32. The molecular formula is C25H23Cl3N4O3. The Morgan fingerprint density at radius 1 is 1.09 bits per heavy atom. The van der Waals surface area contributed by atoms with Crippen molar-refractivity contribution in [3.8, 4) is 5.75 Å². The number of hydrogen-bond donors (Lipinski definition) is 1. The molecule has 0 saturated carbocycles. The first-order chi connectivity index (χ1) is 16.7. The van der Waals surface area contributed by atoms with Crippen molar-refractivity contribution < 1.29 is 13.9 Å². The van der Waals surface area contributed by atoms with Gasteiger partial charge in [0.1, 0.15) is 24.4 Å². The number of halogens is 3. The average molecular weight is 534 g/mol. The number of ether oxygens (including phenoxy) is 1. The first kappa shape index (κ1) is 25.1. The van der Waals surface area contributed by atoms with Crippen molar-refractivity contribution >= 4 is 46.7 Å². The number of benzene rings is 2. The molecular weight excluding hydrogens is 511 g/mol. The van der Waals surface area contributed by atoms with Crippen molar-refractivity contribution in [1.82, 2.24) is 14.8 Å². The zero-order valence-corrected chi connectivity index (χ0v) is 21.6. The lowest BCUT2D eigenvalue weighted by Gasteiger charge is -2.15. The molecule has 0 spiro atoms. The van der Waals surface area contributed by atoms with Gasteiger partial charge < -0.3 is 9.15 Å². The summed E-state index contributed by atoms with van der Waals surface area (Å²) in [5.41, 5.74) is 2.83. The van der Waals surface area contributed by atoms with Crippen LogP contribution in [0.15, 0.2) is 53.2 Å². The molecule has 2 heterocycles. The maximum absolute atomic E-state index is 12.6. The Morgan fingerprint density at radius 3 is 2.63 bits per heavy atom. The quantitative estimate of drug-likeness (QED) is 0.260. The van der Waals surface area contributed by atoms with E-state index in [4.69, 9.17) is 44.0 Å². The van der Waals surface area contributed by atoms with Crippen LogP contribution in [0.3, 0.4) is 0 Å². The topological polar surface area (TPSA) is 82.2 Å². The first-order valence-corrected chi connectivity index (χ1v) is 12.0. The molecule has 0 saturated heterocycles. The number of rotatable bonds is 8. The predicted molar refractivity (Wildman–Crippen MR) is 137 cm³/mol.